The van der Waals surface area contributed by atoms with Gasteiger partial charge in [0.1, 0.15) is 6.54 Å². The Morgan fingerprint density at radius 1 is 1.50 bits per heavy atom. The lowest BCUT2D eigenvalue weighted by Crippen LogP contribution is -2.22. The molecular formula is C10H10N4O2. The first kappa shape index (κ1) is 9.26. The van der Waals surface area contributed by atoms with Gasteiger partial charge in [-0.25, -0.2) is 9.78 Å². The van der Waals surface area contributed by atoms with Gasteiger partial charge < -0.3 is 4.52 Å². The molecule has 6 heteroatoms. The van der Waals surface area contributed by atoms with Crippen LogP contribution in [0.3, 0.4) is 0 Å². The average Bonchev–Trinajstić information content (AvgIpc) is 3.03. The molecular weight excluding hydrogens is 208 g/mol. The SMILES string of the molecule is O=c1ncccn1Cc1nc(C2CC2)no1. The minimum atomic E-state index is -0.311. The van der Waals surface area contributed by atoms with E-state index >= 15 is 0 Å². The van der Waals surface area contributed by atoms with Crippen molar-refractivity contribution in [3.63, 3.8) is 0 Å². The van der Waals surface area contributed by atoms with Gasteiger partial charge in [0.25, 0.3) is 0 Å². The predicted octanol–water partition coefficient (Wildman–Crippen LogP) is 0.552. The molecule has 0 amide bonds. The lowest BCUT2D eigenvalue weighted by Gasteiger charge is -1.97. The van der Waals surface area contributed by atoms with Crippen LogP contribution in [-0.2, 0) is 6.54 Å². The fraction of sp³-hybridized carbons (Fsp3) is 0.400. The van der Waals surface area contributed by atoms with Crippen LogP contribution < -0.4 is 5.69 Å². The summed E-state index contributed by atoms with van der Waals surface area (Å²) in [7, 11) is 0. The Balaban J connectivity index is 1.83. The van der Waals surface area contributed by atoms with Crippen molar-refractivity contribution in [1.29, 1.82) is 0 Å². The maximum Gasteiger partial charge on any atom is 0.347 e. The van der Waals surface area contributed by atoms with Crippen LogP contribution >= 0.6 is 0 Å². The van der Waals surface area contributed by atoms with Gasteiger partial charge in [0, 0.05) is 18.3 Å². The highest BCUT2D eigenvalue weighted by Gasteiger charge is 2.28. The monoisotopic (exact) mass is 218 g/mol. The van der Waals surface area contributed by atoms with E-state index < -0.39 is 0 Å². The van der Waals surface area contributed by atoms with Crippen LogP contribution in [0.15, 0.2) is 27.8 Å². The number of hydrogen-bond acceptors (Lipinski definition) is 5. The van der Waals surface area contributed by atoms with Crippen molar-refractivity contribution < 1.29 is 4.52 Å². The Morgan fingerprint density at radius 2 is 2.38 bits per heavy atom. The van der Waals surface area contributed by atoms with Gasteiger partial charge in [-0.15, -0.1) is 0 Å². The second-order valence-electron chi connectivity index (χ2n) is 3.85. The van der Waals surface area contributed by atoms with Gasteiger partial charge in [-0.1, -0.05) is 5.16 Å². The number of nitrogens with zero attached hydrogens (tertiary/aromatic N) is 4. The van der Waals surface area contributed by atoms with Crippen LogP contribution in [0.5, 0.6) is 0 Å². The van der Waals surface area contributed by atoms with E-state index in [2.05, 4.69) is 15.1 Å². The van der Waals surface area contributed by atoms with E-state index in [1.165, 1.54) is 10.8 Å². The normalized spacial score (nSPS) is 15.2. The van der Waals surface area contributed by atoms with Crippen LogP contribution in [0.4, 0.5) is 0 Å². The molecule has 0 radical (unpaired) electrons. The second kappa shape index (κ2) is 3.55. The zero-order valence-corrected chi connectivity index (χ0v) is 8.54. The smallest absolute Gasteiger partial charge is 0.337 e. The summed E-state index contributed by atoms with van der Waals surface area (Å²) < 4.78 is 6.51. The van der Waals surface area contributed by atoms with Crippen LogP contribution in [0.2, 0.25) is 0 Å². The summed E-state index contributed by atoms with van der Waals surface area (Å²) in [4.78, 5) is 19.2. The maximum absolute atomic E-state index is 11.3. The standard InChI is InChI=1S/C10H10N4O2/c15-10-11-4-1-5-14(10)6-8-12-9(13-16-8)7-2-3-7/h1,4-5,7H,2-3,6H2. The topological polar surface area (TPSA) is 73.8 Å². The third-order valence-electron chi connectivity index (χ3n) is 2.51. The molecule has 1 fully saturated rings. The molecule has 0 spiro atoms. The highest BCUT2D eigenvalue weighted by molar-refractivity contribution is 5.03. The second-order valence-corrected chi connectivity index (χ2v) is 3.85. The van der Waals surface area contributed by atoms with Crippen molar-refractivity contribution in [3.05, 3.63) is 40.7 Å². The first-order valence-corrected chi connectivity index (χ1v) is 5.17. The molecule has 0 aliphatic heterocycles. The quantitative estimate of drug-likeness (QED) is 0.752. The molecule has 1 saturated carbocycles. The molecule has 0 N–H and O–H groups in total. The number of rotatable bonds is 3. The van der Waals surface area contributed by atoms with E-state index in [0.29, 0.717) is 11.8 Å². The summed E-state index contributed by atoms with van der Waals surface area (Å²) in [5.41, 5.74) is -0.311. The van der Waals surface area contributed by atoms with E-state index in [4.69, 9.17) is 4.52 Å². The molecule has 3 rings (SSSR count). The van der Waals surface area contributed by atoms with Gasteiger partial charge >= 0.3 is 5.69 Å². The molecule has 0 aromatic carbocycles. The Kier molecular flexibility index (Phi) is 2.05. The number of hydrogen-bond donors (Lipinski definition) is 0. The largest absolute Gasteiger partial charge is 0.347 e. The van der Waals surface area contributed by atoms with Gasteiger partial charge in [0.2, 0.25) is 5.89 Å². The van der Waals surface area contributed by atoms with Crippen LogP contribution in [0.1, 0.15) is 30.5 Å². The highest BCUT2D eigenvalue weighted by atomic mass is 16.5. The van der Waals surface area contributed by atoms with Crippen molar-refractivity contribution in [2.24, 2.45) is 0 Å². The lowest BCUT2D eigenvalue weighted by molar-refractivity contribution is 0.364. The van der Waals surface area contributed by atoms with Crippen LogP contribution in [0.25, 0.3) is 0 Å². The molecule has 0 atom stereocenters. The lowest BCUT2D eigenvalue weighted by atomic mass is 10.4. The predicted molar refractivity (Wildman–Crippen MR) is 53.9 cm³/mol. The molecule has 0 unspecified atom stereocenters. The highest BCUT2D eigenvalue weighted by Crippen LogP contribution is 2.38. The third kappa shape index (κ3) is 1.73. The Hall–Kier alpha value is -1.98. The van der Waals surface area contributed by atoms with Gasteiger partial charge in [-0.05, 0) is 18.9 Å². The van der Waals surface area contributed by atoms with Crippen LogP contribution in [-0.4, -0.2) is 19.7 Å². The summed E-state index contributed by atoms with van der Waals surface area (Å²) in [6.07, 6.45) is 5.37. The van der Waals surface area contributed by atoms with Crippen molar-refractivity contribution >= 4 is 0 Å². The van der Waals surface area contributed by atoms with Gasteiger partial charge in [-0.3, -0.25) is 4.57 Å². The van der Waals surface area contributed by atoms with Gasteiger partial charge in [-0.2, -0.15) is 4.98 Å². The van der Waals surface area contributed by atoms with Crippen molar-refractivity contribution in [2.75, 3.05) is 0 Å². The van der Waals surface area contributed by atoms with E-state index in [0.717, 1.165) is 18.7 Å². The van der Waals surface area contributed by atoms with Gasteiger partial charge in [0.15, 0.2) is 5.82 Å². The van der Waals surface area contributed by atoms with Crippen molar-refractivity contribution in [3.8, 4) is 0 Å². The molecule has 1 aliphatic carbocycles. The zero-order valence-electron chi connectivity index (χ0n) is 8.54. The fourth-order valence-corrected chi connectivity index (χ4v) is 1.49. The number of aromatic nitrogens is 4. The van der Waals surface area contributed by atoms with Crippen LogP contribution in [0, 0.1) is 0 Å². The molecule has 0 bridgehead atoms. The summed E-state index contributed by atoms with van der Waals surface area (Å²) in [6, 6.07) is 1.69. The molecule has 82 valence electrons. The van der Waals surface area contributed by atoms with E-state index in [1.807, 2.05) is 0 Å². The minimum Gasteiger partial charge on any atom is -0.337 e. The summed E-state index contributed by atoms with van der Waals surface area (Å²) in [6.45, 7) is 0.284. The Morgan fingerprint density at radius 3 is 3.12 bits per heavy atom. The minimum absolute atomic E-state index is 0.284. The maximum atomic E-state index is 11.3. The molecule has 2 heterocycles. The fourth-order valence-electron chi connectivity index (χ4n) is 1.49. The van der Waals surface area contributed by atoms with E-state index in [1.54, 1.807) is 12.3 Å². The Labute approximate surface area is 90.9 Å². The van der Waals surface area contributed by atoms with E-state index in [-0.39, 0.29) is 12.2 Å². The van der Waals surface area contributed by atoms with Crippen molar-refractivity contribution in [2.45, 2.75) is 25.3 Å². The molecule has 2 aromatic rings. The Bertz CT molecular complexity index is 556. The first-order valence-electron chi connectivity index (χ1n) is 5.17. The molecule has 1 aliphatic rings. The molecule has 0 saturated heterocycles. The third-order valence-corrected chi connectivity index (χ3v) is 2.51. The molecule has 16 heavy (non-hydrogen) atoms. The summed E-state index contributed by atoms with van der Waals surface area (Å²) >= 11 is 0. The summed E-state index contributed by atoms with van der Waals surface area (Å²) in [5.74, 6) is 1.67. The first-order chi connectivity index (χ1) is 7.83. The average molecular weight is 218 g/mol. The zero-order chi connectivity index (χ0) is 11.0. The van der Waals surface area contributed by atoms with E-state index in [9.17, 15) is 4.79 Å². The summed E-state index contributed by atoms with van der Waals surface area (Å²) in [5, 5.41) is 3.88. The van der Waals surface area contributed by atoms with Crippen molar-refractivity contribution in [1.82, 2.24) is 19.7 Å². The molecule has 2 aromatic heterocycles. The molecule has 6 nitrogen and oxygen atoms in total. The van der Waals surface area contributed by atoms with Gasteiger partial charge in [0.05, 0.1) is 0 Å².